The highest BCUT2D eigenvalue weighted by Gasteiger charge is 2.32. The van der Waals surface area contributed by atoms with Crippen LogP contribution in [0.1, 0.15) is 81.8 Å². The standard InChI is InChI=1S/C31H40N4O2/c1(6-20-36-24-16-12-22(13-17-24)30-32-26-8-2-3-9-27(26)33-30)7-21-37-25-18-14-23(15-19-25)31-34-28-10-4-5-11-29(28)35-31/h12-19,26-29H,1-11,20-21H2,(H,32,33)(H,34,35)/t26-,27-,28+,29+. The van der Waals surface area contributed by atoms with Crippen LogP contribution in [-0.4, -0.2) is 49.1 Å². The van der Waals surface area contributed by atoms with Gasteiger partial charge in [0.15, 0.2) is 0 Å². The van der Waals surface area contributed by atoms with Crippen molar-refractivity contribution in [2.75, 3.05) is 13.2 Å². The Labute approximate surface area is 221 Å². The summed E-state index contributed by atoms with van der Waals surface area (Å²) in [7, 11) is 0. The lowest BCUT2D eigenvalue weighted by Gasteiger charge is -2.23. The molecule has 6 heteroatoms. The van der Waals surface area contributed by atoms with E-state index in [1.54, 1.807) is 0 Å². The molecule has 37 heavy (non-hydrogen) atoms. The zero-order valence-corrected chi connectivity index (χ0v) is 21.8. The van der Waals surface area contributed by atoms with E-state index in [0.717, 1.165) is 66.8 Å². The molecule has 2 aromatic carbocycles. The molecule has 2 aliphatic carbocycles. The Morgan fingerprint density at radius 1 is 0.568 bits per heavy atom. The molecule has 4 aliphatic rings. The maximum Gasteiger partial charge on any atom is 0.128 e. The Morgan fingerprint density at radius 3 is 1.43 bits per heavy atom. The summed E-state index contributed by atoms with van der Waals surface area (Å²) in [6.07, 6.45) is 13.3. The van der Waals surface area contributed by atoms with Crippen LogP contribution in [0.15, 0.2) is 58.5 Å². The van der Waals surface area contributed by atoms with Crippen molar-refractivity contribution in [1.82, 2.24) is 10.6 Å². The highest BCUT2D eigenvalue weighted by Crippen LogP contribution is 2.28. The van der Waals surface area contributed by atoms with Crippen LogP contribution >= 0.6 is 0 Å². The van der Waals surface area contributed by atoms with Crippen molar-refractivity contribution < 1.29 is 9.47 Å². The summed E-state index contributed by atoms with van der Waals surface area (Å²) in [5.41, 5.74) is 2.33. The summed E-state index contributed by atoms with van der Waals surface area (Å²) in [5.74, 6) is 3.97. The fourth-order valence-electron chi connectivity index (χ4n) is 6.12. The first kappa shape index (κ1) is 24.3. The topological polar surface area (TPSA) is 67.2 Å². The van der Waals surface area contributed by atoms with Crippen molar-refractivity contribution in [3.63, 3.8) is 0 Å². The second-order valence-corrected chi connectivity index (χ2v) is 11.0. The monoisotopic (exact) mass is 500 g/mol. The second-order valence-electron chi connectivity index (χ2n) is 11.0. The zero-order valence-electron chi connectivity index (χ0n) is 21.8. The molecule has 0 amide bonds. The molecule has 0 saturated heterocycles. The minimum Gasteiger partial charge on any atom is -0.494 e. The van der Waals surface area contributed by atoms with Gasteiger partial charge in [-0.15, -0.1) is 0 Å². The SMILES string of the molecule is c1cc(C2=N[C@H]3CCCC[C@@H]3N2)ccc1OCCCCCOc1ccc(C2=N[C@@H]3CCCC[C@H]3N2)cc1. The summed E-state index contributed by atoms with van der Waals surface area (Å²) in [6, 6.07) is 18.8. The van der Waals surface area contributed by atoms with E-state index < -0.39 is 0 Å². The number of unbranched alkanes of at least 4 members (excludes halogenated alkanes) is 2. The van der Waals surface area contributed by atoms with Gasteiger partial charge in [-0.25, -0.2) is 0 Å². The number of rotatable bonds is 10. The predicted molar refractivity (Wildman–Crippen MR) is 149 cm³/mol. The van der Waals surface area contributed by atoms with Crippen molar-refractivity contribution in [3.8, 4) is 11.5 Å². The van der Waals surface area contributed by atoms with E-state index in [1.165, 1.54) is 51.4 Å². The van der Waals surface area contributed by atoms with Gasteiger partial charge in [-0.05, 0) is 93.5 Å². The van der Waals surface area contributed by atoms with Crippen LogP contribution in [-0.2, 0) is 0 Å². The normalized spacial score (nSPS) is 26.3. The van der Waals surface area contributed by atoms with E-state index >= 15 is 0 Å². The third-order valence-corrected chi connectivity index (χ3v) is 8.27. The lowest BCUT2D eigenvalue weighted by atomic mass is 9.92. The van der Waals surface area contributed by atoms with Gasteiger partial charge < -0.3 is 20.1 Å². The molecule has 2 aromatic rings. The van der Waals surface area contributed by atoms with Crippen molar-refractivity contribution in [1.29, 1.82) is 0 Å². The highest BCUT2D eigenvalue weighted by molar-refractivity contribution is 6.01. The van der Waals surface area contributed by atoms with Crippen LogP contribution in [0.3, 0.4) is 0 Å². The Kier molecular flexibility index (Phi) is 7.61. The summed E-state index contributed by atoms with van der Waals surface area (Å²) >= 11 is 0. The van der Waals surface area contributed by atoms with Crippen LogP contribution in [0.4, 0.5) is 0 Å². The van der Waals surface area contributed by atoms with Gasteiger partial charge in [0, 0.05) is 23.2 Å². The number of hydrogen-bond donors (Lipinski definition) is 2. The molecule has 6 rings (SSSR count). The van der Waals surface area contributed by atoms with E-state index in [1.807, 2.05) is 0 Å². The Bertz CT molecular complexity index is 1010. The maximum atomic E-state index is 5.96. The molecule has 0 unspecified atom stereocenters. The number of ether oxygens (including phenoxy) is 2. The minimum absolute atomic E-state index is 0.469. The zero-order chi connectivity index (χ0) is 24.9. The molecule has 2 saturated carbocycles. The van der Waals surface area contributed by atoms with Gasteiger partial charge in [-0.2, -0.15) is 0 Å². The van der Waals surface area contributed by atoms with Crippen molar-refractivity contribution in [2.45, 2.75) is 94.8 Å². The van der Waals surface area contributed by atoms with Gasteiger partial charge in [0.1, 0.15) is 23.2 Å². The summed E-state index contributed by atoms with van der Waals surface area (Å²) in [6.45, 7) is 1.46. The minimum atomic E-state index is 0.469. The van der Waals surface area contributed by atoms with Crippen LogP contribution in [0.5, 0.6) is 11.5 Å². The third kappa shape index (κ3) is 5.94. The second kappa shape index (κ2) is 11.6. The van der Waals surface area contributed by atoms with Gasteiger partial charge >= 0.3 is 0 Å². The lowest BCUT2D eigenvalue weighted by Crippen LogP contribution is -2.36. The van der Waals surface area contributed by atoms with Gasteiger partial charge in [-0.3, -0.25) is 9.98 Å². The highest BCUT2D eigenvalue weighted by atomic mass is 16.5. The number of hydrogen-bond acceptors (Lipinski definition) is 6. The van der Waals surface area contributed by atoms with Gasteiger partial charge in [0.2, 0.25) is 0 Å². The number of nitrogens with one attached hydrogen (secondary N) is 2. The first-order valence-electron chi connectivity index (χ1n) is 14.5. The first-order valence-corrected chi connectivity index (χ1v) is 14.5. The number of amidine groups is 2. The van der Waals surface area contributed by atoms with Crippen molar-refractivity contribution in [2.24, 2.45) is 9.98 Å². The smallest absolute Gasteiger partial charge is 0.128 e. The van der Waals surface area contributed by atoms with Gasteiger partial charge in [0.05, 0.1) is 25.3 Å². The van der Waals surface area contributed by atoms with E-state index in [4.69, 9.17) is 19.5 Å². The van der Waals surface area contributed by atoms with Crippen LogP contribution in [0.25, 0.3) is 0 Å². The van der Waals surface area contributed by atoms with E-state index in [0.29, 0.717) is 24.2 Å². The van der Waals surface area contributed by atoms with Crippen LogP contribution < -0.4 is 20.1 Å². The van der Waals surface area contributed by atoms with E-state index in [9.17, 15) is 0 Å². The van der Waals surface area contributed by atoms with Crippen molar-refractivity contribution in [3.05, 3.63) is 59.7 Å². The molecule has 0 radical (unpaired) electrons. The fourth-order valence-corrected chi connectivity index (χ4v) is 6.12. The van der Waals surface area contributed by atoms with Gasteiger partial charge in [0.25, 0.3) is 0 Å². The van der Waals surface area contributed by atoms with E-state index in [-0.39, 0.29) is 0 Å². The maximum absolute atomic E-state index is 5.96. The third-order valence-electron chi connectivity index (χ3n) is 8.27. The fraction of sp³-hybridized carbons (Fsp3) is 0.548. The number of benzene rings is 2. The molecule has 6 nitrogen and oxygen atoms in total. The molecular weight excluding hydrogens is 460 g/mol. The Morgan fingerprint density at radius 2 is 1.00 bits per heavy atom. The molecule has 0 bridgehead atoms. The molecular formula is C31H40N4O2. The molecule has 196 valence electrons. The Hall–Kier alpha value is -3.02. The summed E-state index contributed by atoms with van der Waals surface area (Å²) in [4.78, 5) is 9.83. The van der Waals surface area contributed by atoms with Crippen LogP contribution in [0, 0.1) is 0 Å². The lowest BCUT2D eigenvalue weighted by molar-refractivity contribution is 0.279. The van der Waals surface area contributed by atoms with E-state index in [2.05, 4.69) is 59.2 Å². The van der Waals surface area contributed by atoms with Crippen LogP contribution in [0.2, 0.25) is 0 Å². The summed E-state index contributed by atoms with van der Waals surface area (Å²) < 4.78 is 11.9. The molecule has 2 aliphatic heterocycles. The largest absolute Gasteiger partial charge is 0.494 e. The summed E-state index contributed by atoms with van der Waals surface area (Å²) in [5, 5.41) is 7.25. The number of nitrogens with zero attached hydrogens (tertiary/aromatic N) is 2. The first-order chi connectivity index (χ1) is 18.3. The molecule has 2 fully saturated rings. The number of fused-ring (bicyclic) bond motifs is 2. The average Bonchev–Trinajstić information content (AvgIpc) is 3.58. The Balaban J connectivity index is 0.864. The molecule has 2 N–H and O–H groups in total. The molecule has 2 heterocycles. The quantitative estimate of drug-likeness (QED) is 0.415. The number of aliphatic imine (C=N–C) groups is 2. The average molecular weight is 501 g/mol. The molecule has 0 spiro atoms. The molecule has 4 atom stereocenters. The predicted octanol–water partition coefficient (Wildman–Crippen LogP) is 5.64. The van der Waals surface area contributed by atoms with Gasteiger partial charge in [-0.1, -0.05) is 25.7 Å². The molecule has 0 aromatic heterocycles. The van der Waals surface area contributed by atoms with Crippen molar-refractivity contribution >= 4 is 11.7 Å².